The zero-order chi connectivity index (χ0) is 12.0. The molecule has 0 bridgehead atoms. The molecule has 5 nitrogen and oxygen atoms in total. The monoisotopic (exact) mass is 221 g/mol. The molecule has 0 aliphatic carbocycles. The summed E-state index contributed by atoms with van der Waals surface area (Å²) in [6.45, 7) is 0.580. The lowest BCUT2D eigenvalue weighted by Crippen LogP contribution is -2.24. The fourth-order valence-electron chi connectivity index (χ4n) is 1.29. The van der Waals surface area contributed by atoms with E-state index in [4.69, 9.17) is 15.7 Å². The average molecular weight is 221 g/mol. The molecule has 0 spiro atoms. The van der Waals surface area contributed by atoms with E-state index in [-0.39, 0.29) is 6.61 Å². The summed E-state index contributed by atoms with van der Waals surface area (Å²) in [7, 11) is 1.52. The van der Waals surface area contributed by atoms with Gasteiger partial charge in [0.05, 0.1) is 24.0 Å². The first-order valence-corrected chi connectivity index (χ1v) is 4.88. The Kier molecular flexibility index (Phi) is 4.58. The molecule has 0 heterocycles. The predicted molar refractivity (Wildman–Crippen MR) is 61.9 cm³/mol. The van der Waals surface area contributed by atoms with E-state index in [9.17, 15) is 5.11 Å². The van der Waals surface area contributed by atoms with E-state index >= 15 is 0 Å². The molecule has 0 saturated carbocycles. The topological polar surface area (TPSA) is 91.3 Å². The number of hydrogen-bond acceptors (Lipinski definition) is 5. The Morgan fingerprint density at radius 1 is 1.62 bits per heavy atom. The zero-order valence-corrected chi connectivity index (χ0v) is 9.10. The van der Waals surface area contributed by atoms with Gasteiger partial charge in [0.1, 0.15) is 6.07 Å². The van der Waals surface area contributed by atoms with Crippen LogP contribution in [-0.2, 0) is 4.74 Å². The molecule has 1 aromatic carbocycles. The number of methoxy groups -OCH3 is 1. The SMILES string of the molecule is COCC(O)CNc1ccc(N)cc1C#N. The highest BCUT2D eigenvalue weighted by Gasteiger charge is 2.06. The summed E-state index contributed by atoms with van der Waals surface area (Å²) in [4.78, 5) is 0. The van der Waals surface area contributed by atoms with E-state index in [0.717, 1.165) is 0 Å². The van der Waals surface area contributed by atoms with Crippen LogP contribution in [0.25, 0.3) is 0 Å². The molecule has 0 amide bonds. The predicted octanol–water partition coefficient (Wildman–Crippen LogP) is 0.560. The molecule has 16 heavy (non-hydrogen) atoms. The number of aliphatic hydroxyl groups is 1. The van der Waals surface area contributed by atoms with E-state index in [1.54, 1.807) is 18.2 Å². The average Bonchev–Trinajstić information content (AvgIpc) is 2.27. The molecule has 0 saturated heterocycles. The number of nitrogen functional groups attached to an aromatic ring is 1. The minimum Gasteiger partial charge on any atom is -0.399 e. The molecule has 5 heteroatoms. The molecule has 0 aliphatic heterocycles. The highest BCUT2D eigenvalue weighted by atomic mass is 16.5. The van der Waals surface area contributed by atoms with E-state index in [2.05, 4.69) is 5.32 Å². The maximum atomic E-state index is 9.43. The zero-order valence-electron chi connectivity index (χ0n) is 9.10. The van der Waals surface area contributed by atoms with Crippen LogP contribution in [0.5, 0.6) is 0 Å². The van der Waals surface area contributed by atoms with Gasteiger partial charge in [-0.3, -0.25) is 0 Å². The van der Waals surface area contributed by atoms with E-state index in [1.165, 1.54) is 7.11 Å². The molecule has 1 unspecified atom stereocenters. The number of nitrogens with two attached hydrogens (primary N) is 1. The van der Waals surface area contributed by atoms with Gasteiger partial charge in [-0.1, -0.05) is 0 Å². The Morgan fingerprint density at radius 3 is 3.00 bits per heavy atom. The van der Waals surface area contributed by atoms with Crippen molar-refractivity contribution in [3.05, 3.63) is 23.8 Å². The second-order valence-corrected chi connectivity index (χ2v) is 3.41. The minimum absolute atomic E-state index is 0.254. The minimum atomic E-state index is -0.603. The number of nitrogens with zero attached hydrogens (tertiary/aromatic N) is 1. The van der Waals surface area contributed by atoms with Crippen molar-refractivity contribution in [1.29, 1.82) is 5.26 Å². The number of nitrogens with one attached hydrogen (secondary N) is 1. The second kappa shape index (κ2) is 5.95. The first kappa shape index (κ1) is 12.3. The molecule has 4 N–H and O–H groups in total. The number of aliphatic hydroxyl groups excluding tert-OH is 1. The fraction of sp³-hybridized carbons (Fsp3) is 0.364. The number of hydrogen-bond donors (Lipinski definition) is 3. The maximum Gasteiger partial charge on any atom is 0.101 e. The van der Waals surface area contributed by atoms with Gasteiger partial charge in [0.2, 0.25) is 0 Å². The van der Waals surface area contributed by atoms with Gasteiger partial charge in [-0.25, -0.2) is 0 Å². The van der Waals surface area contributed by atoms with Gasteiger partial charge in [0.25, 0.3) is 0 Å². The molecule has 1 rings (SSSR count). The number of benzene rings is 1. The Balaban J connectivity index is 2.64. The van der Waals surface area contributed by atoms with Crippen molar-refractivity contribution >= 4 is 11.4 Å². The Labute approximate surface area is 94.4 Å². The van der Waals surface area contributed by atoms with Crippen LogP contribution in [0.4, 0.5) is 11.4 Å². The lowest BCUT2D eigenvalue weighted by Gasteiger charge is -2.12. The Hall–Kier alpha value is -1.77. The third-order valence-electron chi connectivity index (χ3n) is 2.05. The quantitative estimate of drug-likeness (QED) is 0.632. The highest BCUT2D eigenvalue weighted by Crippen LogP contribution is 2.17. The maximum absolute atomic E-state index is 9.43. The van der Waals surface area contributed by atoms with Crippen LogP contribution in [0.2, 0.25) is 0 Å². The highest BCUT2D eigenvalue weighted by molar-refractivity contribution is 5.62. The number of anilines is 2. The number of nitriles is 1. The van der Waals surface area contributed by atoms with Crippen molar-refractivity contribution in [2.45, 2.75) is 6.10 Å². The molecular weight excluding hydrogens is 206 g/mol. The third kappa shape index (κ3) is 3.42. The molecule has 0 aromatic heterocycles. The molecule has 0 radical (unpaired) electrons. The summed E-state index contributed by atoms with van der Waals surface area (Å²) in [5, 5.41) is 21.3. The van der Waals surface area contributed by atoms with Crippen molar-refractivity contribution in [1.82, 2.24) is 0 Å². The largest absolute Gasteiger partial charge is 0.399 e. The summed E-state index contributed by atoms with van der Waals surface area (Å²) in [6, 6.07) is 7.04. The molecule has 0 fully saturated rings. The Bertz CT molecular complexity index is 387. The van der Waals surface area contributed by atoms with E-state index in [1.807, 2.05) is 6.07 Å². The van der Waals surface area contributed by atoms with Crippen molar-refractivity contribution in [3.8, 4) is 6.07 Å². The number of rotatable bonds is 5. The normalized spacial score (nSPS) is 11.8. The van der Waals surface area contributed by atoms with Crippen LogP contribution in [0.15, 0.2) is 18.2 Å². The molecule has 0 aliphatic rings. The van der Waals surface area contributed by atoms with Crippen molar-refractivity contribution in [2.75, 3.05) is 31.3 Å². The molecule has 1 atom stereocenters. The Morgan fingerprint density at radius 2 is 2.38 bits per heavy atom. The van der Waals surface area contributed by atoms with Crippen LogP contribution in [0.1, 0.15) is 5.56 Å². The smallest absolute Gasteiger partial charge is 0.101 e. The first-order chi connectivity index (χ1) is 7.67. The summed E-state index contributed by atoms with van der Waals surface area (Å²) < 4.78 is 4.79. The van der Waals surface area contributed by atoms with Gasteiger partial charge < -0.3 is 20.9 Å². The van der Waals surface area contributed by atoms with Crippen LogP contribution in [0.3, 0.4) is 0 Å². The second-order valence-electron chi connectivity index (χ2n) is 3.41. The lowest BCUT2D eigenvalue weighted by atomic mass is 10.1. The van der Waals surface area contributed by atoms with Gasteiger partial charge >= 0.3 is 0 Å². The van der Waals surface area contributed by atoms with Crippen LogP contribution in [-0.4, -0.2) is 31.5 Å². The number of ether oxygens (including phenoxy) is 1. The first-order valence-electron chi connectivity index (χ1n) is 4.88. The van der Waals surface area contributed by atoms with Gasteiger partial charge in [-0.2, -0.15) is 5.26 Å². The third-order valence-corrected chi connectivity index (χ3v) is 2.05. The lowest BCUT2D eigenvalue weighted by molar-refractivity contribution is 0.0727. The van der Waals surface area contributed by atoms with Gasteiger partial charge in [0.15, 0.2) is 0 Å². The van der Waals surface area contributed by atoms with Crippen LogP contribution < -0.4 is 11.1 Å². The van der Waals surface area contributed by atoms with E-state index in [0.29, 0.717) is 23.5 Å². The summed E-state index contributed by atoms with van der Waals surface area (Å²) in [6.07, 6.45) is -0.603. The molecule has 1 aromatic rings. The van der Waals surface area contributed by atoms with Gasteiger partial charge in [-0.05, 0) is 18.2 Å². The molecule has 86 valence electrons. The van der Waals surface area contributed by atoms with E-state index < -0.39 is 6.10 Å². The summed E-state index contributed by atoms with van der Waals surface area (Å²) in [5.74, 6) is 0. The van der Waals surface area contributed by atoms with Crippen molar-refractivity contribution < 1.29 is 9.84 Å². The van der Waals surface area contributed by atoms with Gasteiger partial charge in [-0.15, -0.1) is 0 Å². The summed E-state index contributed by atoms with van der Waals surface area (Å²) >= 11 is 0. The van der Waals surface area contributed by atoms with Crippen molar-refractivity contribution in [2.24, 2.45) is 0 Å². The van der Waals surface area contributed by atoms with Crippen LogP contribution in [0, 0.1) is 11.3 Å². The fourth-order valence-corrected chi connectivity index (χ4v) is 1.29. The standard InChI is InChI=1S/C11H15N3O2/c1-16-7-10(15)6-14-11-3-2-9(13)4-8(11)5-12/h2-4,10,14-15H,6-7,13H2,1H3. The van der Waals surface area contributed by atoms with Crippen LogP contribution >= 0.6 is 0 Å². The summed E-state index contributed by atoms with van der Waals surface area (Å²) in [5.41, 5.74) is 7.22. The van der Waals surface area contributed by atoms with Gasteiger partial charge in [0, 0.05) is 19.3 Å². The molecular formula is C11H15N3O2. The van der Waals surface area contributed by atoms with Crippen molar-refractivity contribution in [3.63, 3.8) is 0 Å².